The van der Waals surface area contributed by atoms with E-state index in [1.54, 1.807) is 17.5 Å². The van der Waals surface area contributed by atoms with E-state index in [2.05, 4.69) is 42.9 Å². The van der Waals surface area contributed by atoms with Crippen LogP contribution in [0.15, 0.2) is 35.8 Å². The summed E-state index contributed by atoms with van der Waals surface area (Å²) in [4.78, 5) is 22.8. The molecule has 2 saturated heterocycles. The molecule has 2 aliphatic rings. The quantitative estimate of drug-likeness (QED) is 0.779. The molecule has 28 heavy (non-hydrogen) atoms. The second-order valence-electron chi connectivity index (χ2n) is 7.11. The van der Waals surface area contributed by atoms with Crippen LogP contribution < -0.4 is 15.5 Å². The van der Waals surface area contributed by atoms with Crippen molar-refractivity contribution in [2.45, 2.75) is 18.9 Å². The average Bonchev–Trinajstić information content (AvgIpc) is 3.44. The molecule has 2 aromatic rings. The number of carbonyl (C=O) groups excluding carboxylic acids is 1. The van der Waals surface area contributed by atoms with Gasteiger partial charge in [-0.3, -0.25) is 4.90 Å². The standard InChI is InChI=1S/C20H27N5O2S/c26-20(22-15-17(18-4-3-13-28-18)24-7-1-2-8-24)23-16-5-6-19(21-14-16)25-9-11-27-12-10-25/h3-6,13-14,17H,1-2,7-12,15H2,(H2,22,23,26). The van der Waals surface area contributed by atoms with Crippen molar-refractivity contribution in [3.05, 3.63) is 40.7 Å². The fourth-order valence-electron chi connectivity index (χ4n) is 3.75. The number of amides is 2. The number of likely N-dealkylation sites (tertiary alicyclic amines) is 1. The molecule has 4 rings (SSSR count). The van der Waals surface area contributed by atoms with Gasteiger partial charge in [-0.25, -0.2) is 9.78 Å². The van der Waals surface area contributed by atoms with Gasteiger partial charge in [-0.1, -0.05) is 6.07 Å². The Balaban J connectivity index is 1.30. The van der Waals surface area contributed by atoms with Crippen LogP contribution in [0.4, 0.5) is 16.3 Å². The smallest absolute Gasteiger partial charge is 0.319 e. The highest BCUT2D eigenvalue weighted by molar-refractivity contribution is 7.10. The first-order chi connectivity index (χ1) is 13.8. The first kappa shape index (κ1) is 19.2. The number of urea groups is 1. The highest BCUT2D eigenvalue weighted by Crippen LogP contribution is 2.27. The second-order valence-corrected chi connectivity index (χ2v) is 8.09. The third kappa shape index (κ3) is 4.81. The number of ether oxygens (including phenoxy) is 1. The van der Waals surface area contributed by atoms with E-state index in [-0.39, 0.29) is 12.1 Å². The number of hydrogen-bond donors (Lipinski definition) is 2. The third-order valence-corrected chi connectivity index (χ3v) is 6.22. The third-order valence-electron chi connectivity index (χ3n) is 5.25. The molecule has 0 spiro atoms. The molecule has 2 amide bonds. The fourth-order valence-corrected chi connectivity index (χ4v) is 4.61. The number of anilines is 2. The number of aromatic nitrogens is 1. The number of nitrogens with zero attached hydrogens (tertiary/aromatic N) is 3. The Hall–Kier alpha value is -2.16. The lowest BCUT2D eigenvalue weighted by atomic mass is 10.2. The van der Waals surface area contributed by atoms with E-state index < -0.39 is 0 Å². The molecule has 0 aliphatic carbocycles. The second kappa shape index (κ2) is 9.36. The van der Waals surface area contributed by atoms with Crippen LogP contribution in [0.1, 0.15) is 23.8 Å². The number of nitrogens with one attached hydrogen (secondary N) is 2. The van der Waals surface area contributed by atoms with Gasteiger partial charge in [0.1, 0.15) is 5.82 Å². The number of rotatable bonds is 6. The van der Waals surface area contributed by atoms with E-state index in [9.17, 15) is 4.79 Å². The predicted octanol–water partition coefficient (Wildman–Crippen LogP) is 2.94. The van der Waals surface area contributed by atoms with E-state index in [1.807, 2.05) is 12.1 Å². The molecule has 0 bridgehead atoms. The van der Waals surface area contributed by atoms with Gasteiger partial charge in [-0.05, 0) is 49.5 Å². The summed E-state index contributed by atoms with van der Waals surface area (Å²) in [5.74, 6) is 0.918. The van der Waals surface area contributed by atoms with Crippen LogP contribution in [0.2, 0.25) is 0 Å². The van der Waals surface area contributed by atoms with Crippen LogP contribution in [0.3, 0.4) is 0 Å². The molecule has 0 aromatic carbocycles. The Morgan fingerprint density at radius 3 is 2.68 bits per heavy atom. The van der Waals surface area contributed by atoms with Gasteiger partial charge in [-0.15, -0.1) is 11.3 Å². The van der Waals surface area contributed by atoms with Crippen LogP contribution >= 0.6 is 11.3 Å². The van der Waals surface area contributed by atoms with Crippen molar-refractivity contribution in [2.24, 2.45) is 0 Å². The molecule has 2 fully saturated rings. The molecule has 0 saturated carbocycles. The van der Waals surface area contributed by atoms with Crippen LogP contribution in [0.25, 0.3) is 0 Å². The molecule has 1 atom stereocenters. The summed E-state index contributed by atoms with van der Waals surface area (Å²) in [6.07, 6.45) is 4.17. The Bertz CT molecular complexity index is 740. The van der Waals surface area contributed by atoms with Gasteiger partial charge in [-0.2, -0.15) is 0 Å². The number of morpholine rings is 1. The van der Waals surface area contributed by atoms with E-state index in [1.165, 1.54) is 17.7 Å². The van der Waals surface area contributed by atoms with Gasteiger partial charge in [0, 0.05) is 24.5 Å². The lowest BCUT2D eigenvalue weighted by molar-refractivity contribution is 0.122. The minimum Gasteiger partial charge on any atom is -0.378 e. The van der Waals surface area contributed by atoms with Crippen molar-refractivity contribution in [3.63, 3.8) is 0 Å². The number of pyridine rings is 1. The molecule has 0 radical (unpaired) electrons. The van der Waals surface area contributed by atoms with Crippen molar-refractivity contribution in [1.29, 1.82) is 0 Å². The van der Waals surface area contributed by atoms with Gasteiger partial charge in [0.25, 0.3) is 0 Å². The summed E-state index contributed by atoms with van der Waals surface area (Å²) < 4.78 is 5.37. The van der Waals surface area contributed by atoms with Crippen LogP contribution in [-0.2, 0) is 4.74 Å². The molecule has 1 unspecified atom stereocenters. The summed E-state index contributed by atoms with van der Waals surface area (Å²) in [5.41, 5.74) is 0.698. The Morgan fingerprint density at radius 1 is 1.18 bits per heavy atom. The fraction of sp³-hybridized carbons (Fsp3) is 0.500. The predicted molar refractivity (Wildman–Crippen MR) is 112 cm³/mol. The summed E-state index contributed by atoms with van der Waals surface area (Å²) in [6, 6.07) is 8.12. The van der Waals surface area contributed by atoms with Crippen molar-refractivity contribution >= 4 is 28.9 Å². The van der Waals surface area contributed by atoms with Crippen molar-refractivity contribution in [2.75, 3.05) is 56.2 Å². The average molecular weight is 402 g/mol. The molecule has 4 heterocycles. The summed E-state index contributed by atoms with van der Waals surface area (Å²) >= 11 is 1.75. The van der Waals surface area contributed by atoms with Gasteiger partial charge in [0.2, 0.25) is 0 Å². The maximum absolute atomic E-state index is 12.4. The van der Waals surface area contributed by atoms with Gasteiger partial charge >= 0.3 is 6.03 Å². The van der Waals surface area contributed by atoms with Crippen molar-refractivity contribution in [1.82, 2.24) is 15.2 Å². The first-order valence-electron chi connectivity index (χ1n) is 9.91. The maximum atomic E-state index is 12.4. The normalized spacial score (nSPS) is 18.8. The zero-order valence-corrected chi connectivity index (χ0v) is 16.8. The topological polar surface area (TPSA) is 69.7 Å². The molecule has 8 heteroatoms. The lowest BCUT2D eigenvalue weighted by Gasteiger charge is -2.28. The largest absolute Gasteiger partial charge is 0.378 e. The summed E-state index contributed by atoms with van der Waals surface area (Å²) in [6.45, 7) is 5.95. The zero-order chi connectivity index (χ0) is 19.2. The van der Waals surface area contributed by atoms with Crippen LogP contribution in [-0.4, -0.2) is 61.9 Å². The summed E-state index contributed by atoms with van der Waals surface area (Å²) in [5, 5.41) is 8.02. The maximum Gasteiger partial charge on any atom is 0.319 e. The molecule has 2 aromatic heterocycles. The molecule has 2 N–H and O–H groups in total. The molecule has 7 nitrogen and oxygen atoms in total. The van der Waals surface area contributed by atoms with Gasteiger partial charge in [0.05, 0.1) is 31.1 Å². The zero-order valence-electron chi connectivity index (χ0n) is 16.0. The molecular formula is C20H27N5O2S. The number of hydrogen-bond acceptors (Lipinski definition) is 6. The van der Waals surface area contributed by atoms with Crippen molar-refractivity contribution in [3.8, 4) is 0 Å². The Morgan fingerprint density at radius 2 is 2.00 bits per heavy atom. The number of carbonyl (C=O) groups is 1. The molecule has 2 aliphatic heterocycles. The Labute approximate surface area is 169 Å². The monoisotopic (exact) mass is 401 g/mol. The minimum atomic E-state index is -0.193. The van der Waals surface area contributed by atoms with Crippen LogP contribution in [0, 0.1) is 0 Å². The van der Waals surface area contributed by atoms with E-state index in [0.29, 0.717) is 12.2 Å². The SMILES string of the molecule is O=C(NCC(c1cccs1)N1CCCC1)Nc1ccc(N2CCOCC2)nc1. The van der Waals surface area contributed by atoms with Gasteiger partial charge in [0.15, 0.2) is 0 Å². The van der Waals surface area contributed by atoms with E-state index in [0.717, 1.165) is 45.2 Å². The Kier molecular flexibility index (Phi) is 6.41. The van der Waals surface area contributed by atoms with E-state index in [4.69, 9.17) is 4.74 Å². The summed E-state index contributed by atoms with van der Waals surface area (Å²) in [7, 11) is 0. The first-order valence-corrected chi connectivity index (χ1v) is 10.8. The van der Waals surface area contributed by atoms with Crippen LogP contribution in [0.5, 0.6) is 0 Å². The number of thiophene rings is 1. The highest BCUT2D eigenvalue weighted by atomic mass is 32.1. The van der Waals surface area contributed by atoms with Crippen molar-refractivity contribution < 1.29 is 9.53 Å². The molecule has 150 valence electrons. The lowest BCUT2D eigenvalue weighted by Crippen LogP contribution is -2.38. The highest BCUT2D eigenvalue weighted by Gasteiger charge is 2.24. The minimum absolute atomic E-state index is 0.193. The van der Waals surface area contributed by atoms with Gasteiger partial charge < -0.3 is 20.3 Å². The van der Waals surface area contributed by atoms with E-state index >= 15 is 0 Å². The molecular weight excluding hydrogens is 374 g/mol.